The number of hydrogen-bond donors (Lipinski definition) is 1. The largest absolute Gasteiger partial charge is 0.493 e. The van der Waals surface area contributed by atoms with Crippen LogP contribution in [0, 0.1) is 5.41 Å². The summed E-state index contributed by atoms with van der Waals surface area (Å²) < 4.78 is 38.7. The standard InChI is InChI=1S/C22H31NO5.C15H18N2O3/c1-7-10-22(2,3)14-27-15-8-9-18(17(23)11-15)28-16-12-19(24-4)21(26-6)20(13-16)25-5;1-3-20-14-8-12-11(7-13(14)19-2)15(18)17-6-4-5-10(17)9-16-12/h8-9,11-13H,7,10,14,23H2,1-6H3;7-10H,3-6H2,1-2H3. The number of anilines is 1. The average Bonchev–Trinajstić information content (AvgIpc) is 3.51. The minimum Gasteiger partial charge on any atom is -0.493 e. The Labute approximate surface area is 283 Å². The van der Waals surface area contributed by atoms with E-state index in [0.29, 0.717) is 70.4 Å². The Morgan fingerprint density at radius 2 is 1.56 bits per heavy atom. The second-order valence-corrected chi connectivity index (χ2v) is 12.3. The van der Waals surface area contributed by atoms with E-state index in [1.165, 1.54) is 0 Å². The number of benzene rings is 3. The number of fused-ring (bicyclic) bond motifs is 2. The van der Waals surface area contributed by atoms with E-state index in [1.54, 1.807) is 64.8 Å². The maximum absolute atomic E-state index is 12.6. The van der Waals surface area contributed by atoms with Crippen LogP contribution in [0.15, 0.2) is 47.5 Å². The molecule has 0 radical (unpaired) electrons. The van der Waals surface area contributed by atoms with E-state index in [9.17, 15) is 4.79 Å². The quantitative estimate of drug-likeness (QED) is 0.183. The first-order chi connectivity index (χ1) is 23.1. The second-order valence-electron chi connectivity index (χ2n) is 12.3. The SMILES string of the molecule is CCCC(C)(C)COc1ccc(Oc2cc(OC)c(OC)c(OC)c2)c(N)c1.CCOc1cc2c(cc1OC)C(=O)N1CCCC1C=N2. The van der Waals surface area contributed by atoms with E-state index in [1.807, 2.05) is 24.1 Å². The number of nitrogens with two attached hydrogens (primary N) is 1. The molecule has 2 N–H and O–H groups in total. The number of methoxy groups -OCH3 is 4. The number of hydrogen-bond acceptors (Lipinski definition) is 10. The summed E-state index contributed by atoms with van der Waals surface area (Å²) in [6.45, 7) is 10.5. The van der Waals surface area contributed by atoms with Crippen molar-refractivity contribution in [1.82, 2.24) is 4.90 Å². The van der Waals surface area contributed by atoms with Crippen LogP contribution in [0.25, 0.3) is 0 Å². The number of amides is 1. The van der Waals surface area contributed by atoms with Gasteiger partial charge in [0.2, 0.25) is 5.75 Å². The molecule has 1 unspecified atom stereocenters. The van der Waals surface area contributed by atoms with E-state index < -0.39 is 0 Å². The molecule has 11 nitrogen and oxygen atoms in total. The summed E-state index contributed by atoms with van der Waals surface area (Å²) in [7, 11) is 6.25. The van der Waals surface area contributed by atoms with Crippen LogP contribution in [0.2, 0.25) is 0 Å². The van der Waals surface area contributed by atoms with Gasteiger partial charge in [-0.3, -0.25) is 9.79 Å². The number of carbonyl (C=O) groups is 1. The second kappa shape index (κ2) is 16.3. The van der Waals surface area contributed by atoms with Gasteiger partial charge in [0.25, 0.3) is 5.91 Å². The predicted octanol–water partition coefficient (Wildman–Crippen LogP) is 7.71. The molecule has 11 heteroatoms. The van der Waals surface area contributed by atoms with Gasteiger partial charge in [0.1, 0.15) is 11.5 Å². The zero-order chi connectivity index (χ0) is 34.8. The van der Waals surface area contributed by atoms with Gasteiger partial charge in [-0.1, -0.05) is 27.2 Å². The summed E-state index contributed by atoms with van der Waals surface area (Å²) in [5.41, 5.74) is 8.03. The highest BCUT2D eigenvalue weighted by atomic mass is 16.5. The normalized spacial score (nSPS) is 15.0. The smallest absolute Gasteiger partial charge is 0.256 e. The minimum absolute atomic E-state index is 0.0290. The van der Waals surface area contributed by atoms with Crippen molar-refractivity contribution in [3.63, 3.8) is 0 Å². The molecule has 1 fully saturated rings. The van der Waals surface area contributed by atoms with Gasteiger partial charge in [-0.15, -0.1) is 0 Å². The van der Waals surface area contributed by atoms with Crippen molar-refractivity contribution in [2.24, 2.45) is 10.4 Å². The van der Waals surface area contributed by atoms with Gasteiger partial charge in [0, 0.05) is 37.0 Å². The summed E-state index contributed by atoms with van der Waals surface area (Å²) in [4.78, 5) is 19.0. The maximum Gasteiger partial charge on any atom is 0.256 e. The number of rotatable bonds is 13. The monoisotopic (exact) mass is 663 g/mol. The summed E-state index contributed by atoms with van der Waals surface area (Å²) in [6, 6.07) is 12.5. The molecular weight excluding hydrogens is 614 g/mol. The molecule has 5 rings (SSSR count). The Balaban J connectivity index is 0.000000228. The molecule has 1 saturated heterocycles. The van der Waals surface area contributed by atoms with Gasteiger partial charge in [0.05, 0.1) is 64.6 Å². The lowest BCUT2D eigenvalue weighted by Crippen LogP contribution is -2.35. The molecule has 2 aliphatic heterocycles. The predicted molar refractivity (Wildman–Crippen MR) is 188 cm³/mol. The lowest BCUT2D eigenvalue weighted by molar-refractivity contribution is 0.0774. The van der Waals surface area contributed by atoms with Gasteiger partial charge in [-0.05, 0) is 49.8 Å². The molecule has 2 aliphatic rings. The Kier molecular flexibility index (Phi) is 12.3. The fourth-order valence-corrected chi connectivity index (χ4v) is 5.76. The summed E-state index contributed by atoms with van der Waals surface area (Å²) >= 11 is 0. The van der Waals surface area contributed by atoms with Crippen molar-refractivity contribution in [1.29, 1.82) is 0 Å². The first-order valence-corrected chi connectivity index (χ1v) is 16.3. The Hall–Kier alpha value is -4.80. The highest BCUT2D eigenvalue weighted by Crippen LogP contribution is 2.43. The van der Waals surface area contributed by atoms with Crippen LogP contribution in [0.5, 0.6) is 46.0 Å². The Bertz CT molecular complexity index is 1560. The fraction of sp³-hybridized carbons (Fsp3) is 0.459. The van der Waals surface area contributed by atoms with Crippen LogP contribution in [0.4, 0.5) is 11.4 Å². The number of aliphatic imine (C=N–C) groups is 1. The summed E-state index contributed by atoms with van der Waals surface area (Å²) in [5.74, 6) is 4.52. The number of ether oxygens (including phenoxy) is 7. The van der Waals surface area contributed by atoms with Gasteiger partial charge in [-0.25, -0.2) is 0 Å². The van der Waals surface area contributed by atoms with Gasteiger partial charge in [0.15, 0.2) is 28.7 Å². The Morgan fingerprint density at radius 3 is 2.17 bits per heavy atom. The zero-order valence-electron chi connectivity index (χ0n) is 29.4. The molecular formula is C37H49N3O8. The molecule has 0 saturated carbocycles. The molecule has 0 spiro atoms. The van der Waals surface area contributed by atoms with Crippen LogP contribution < -0.4 is 38.9 Å². The van der Waals surface area contributed by atoms with E-state index >= 15 is 0 Å². The van der Waals surface area contributed by atoms with Crippen molar-refractivity contribution in [3.05, 3.63) is 48.0 Å². The third-order valence-electron chi connectivity index (χ3n) is 8.16. The van der Waals surface area contributed by atoms with Crippen molar-refractivity contribution in [2.75, 3.05) is 53.9 Å². The maximum atomic E-state index is 12.6. The van der Waals surface area contributed by atoms with Gasteiger partial charge < -0.3 is 43.8 Å². The van der Waals surface area contributed by atoms with E-state index in [0.717, 1.165) is 38.0 Å². The molecule has 0 bridgehead atoms. The molecule has 1 amide bonds. The number of nitrogen functional groups attached to an aromatic ring is 1. The van der Waals surface area contributed by atoms with Crippen LogP contribution in [0.1, 0.15) is 63.7 Å². The summed E-state index contributed by atoms with van der Waals surface area (Å²) in [6.07, 6.45) is 6.12. The van der Waals surface area contributed by atoms with E-state index in [4.69, 9.17) is 38.9 Å². The summed E-state index contributed by atoms with van der Waals surface area (Å²) in [5, 5.41) is 0. The van der Waals surface area contributed by atoms with Crippen LogP contribution in [-0.2, 0) is 0 Å². The van der Waals surface area contributed by atoms with Crippen molar-refractivity contribution in [3.8, 4) is 46.0 Å². The molecule has 1 atom stereocenters. The van der Waals surface area contributed by atoms with Gasteiger partial charge >= 0.3 is 0 Å². The number of carbonyl (C=O) groups excluding carboxylic acids is 1. The lowest BCUT2D eigenvalue weighted by Gasteiger charge is -2.24. The molecule has 3 aromatic carbocycles. The van der Waals surface area contributed by atoms with Crippen LogP contribution in [0.3, 0.4) is 0 Å². The van der Waals surface area contributed by atoms with Crippen LogP contribution >= 0.6 is 0 Å². The molecule has 2 heterocycles. The highest BCUT2D eigenvalue weighted by molar-refractivity contribution is 6.03. The van der Waals surface area contributed by atoms with Crippen molar-refractivity contribution in [2.45, 2.75) is 59.4 Å². The fourth-order valence-electron chi connectivity index (χ4n) is 5.76. The molecule has 48 heavy (non-hydrogen) atoms. The third kappa shape index (κ3) is 8.56. The minimum atomic E-state index is 0.0290. The molecule has 260 valence electrons. The molecule has 0 aliphatic carbocycles. The highest BCUT2D eigenvalue weighted by Gasteiger charge is 2.32. The van der Waals surface area contributed by atoms with E-state index in [2.05, 4.69) is 25.8 Å². The van der Waals surface area contributed by atoms with Gasteiger partial charge in [-0.2, -0.15) is 0 Å². The lowest BCUT2D eigenvalue weighted by atomic mass is 9.89. The average molecular weight is 664 g/mol. The molecule has 0 aromatic heterocycles. The molecule has 3 aromatic rings. The third-order valence-corrected chi connectivity index (χ3v) is 8.16. The first-order valence-electron chi connectivity index (χ1n) is 16.3. The van der Waals surface area contributed by atoms with Crippen LogP contribution in [-0.4, -0.2) is 71.3 Å². The Morgan fingerprint density at radius 1 is 0.854 bits per heavy atom. The first kappa shape index (κ1) is 36.0. The van der Waals surface area contributed by atoms with Crippen molar-refractivity contribution >= 4 is 23.5 Å². The van der Waals surface area contributed by atoms with Crippen molar-refractivity contribution < 1.29 is 38.0 Å². The zero-order valence-corrected chi connectivity index (χ0v) is 29.4. The topological polar surface area (TPSA) is 123 Å². The van der Waals surface area contributed by atoms with E-state index in [-0.39, 0.29) is 17.4 Å². The number of nitrogens with zero attached hydrogens (tertiary/aromatic N) is 2.